The number of anilines is 2. The summed E-state index contributed by atoms with van der Waals surface area (Å²) < 4.78 is 14.7. The normalized spacial score (nSPS) is 20.6. The van der Waals surface area contributed by atoms with Gasteiger partial charge < -0.3 is 14.4 Å². The summed E-state index contributed by atoms with van der Waals surface area (Å²) in [5, 5.41) is 10.1. The van der Waals surface area contributed by atoms with Crippen LogP contribution in [0.15, 0.2) is 41.2 Å². The zero-order valence-electron chi connectivity index (χ0n) is 16.3. The summed E-state index contributed by atoms with van der Waals surface area (Å²) in [6.07, 6.45) is 0. The first kappa shape index (κ1) is 18.9. The van der Waals surface area contributed by atoms with Crippen LogP contribution >= 0.6 is 11.6 Å². The summed E-state index contributed by atoms with van der Waals surface area (Å²) in [5.41, 5.74) is 2.62. The molecule has 4 heterocycles. The standard InChI is InChI=1S/C22H19ClFN5O/c1-27-18-6-7-19(23)26-20(18)21(17(8-25)22(27)30)29-11-13-9-28(10-14(13)12-29)16-4-2-15(24)3-5-16/h2-7,13-14H,9-12H2,1H3. The van der Waals surface area contributed by atoms with E-state index in [1.54, 1.807) is 19.2 Å². The maximum Gasteiger partial charge on any atom is 0.270 e. The topological polar surface area (TPSA) is 65.2 Å². The zero-order valence-corrected chi connectivity index (χ0v) is 17.1. The maximum atomic E-state index is 13.2. The lowest BCUT2D eigenvalue weighted by atomic mass is 10.0. The Morgan fingerprint density at radius 2 is 1.70 bits per heavy atom. The van der Waals surface area contributed by atoms with Gasteiger partial charge in [0.15, 0.2) is 0 Å². The SMILES string of the molecule is Cn1c(=O)c(C#N)c(N2CC3CN(c4ccc(F)cc4)CC3C2)c2nc(Cl)ccc21. The molecule has 2 atom stereocenters. The van der Waals surface area contributed by atoms with Crippen LogP contribution in [-0.2, 0) is 7.05 Å². The minimum absolute atomic E-state index is 0.107. The fourth-order valence-electron chi connectivity index (χ4n) is 4.82. The van der Waals surface area contributed by atoms with E-state index in [1.807, 2.05) is 12.1 Å². The molecule has 2 aliphatic rings. The molecule has 2 saturated heterocycles. The summed E-state index contributed by atoms with van der Waals surface area (Å²) in [5.74, 6) is 0.539. The molecule has 2 aliphatic heterocycles. The Kier molecular flexibility index (Phi) is 4.40. The van der Waals surface area contributed by atoms with Crippen molar-refractivity contribution in [1.82, 2.24) is 9.55 Å². The van der Waals surface area contributed by atoms with Crippen LogP contribution in [0, 0.1) is 29.0 Å². The highest BCUT2D eigenvalue weighted by Gasteiger charge is 2.41. The van der Waals surface area contributed by atoms with E-state index in [4.69, 9.17) is 11.6 Å². The van der Waals surface area contributed by atoms with Gasteiger partial charge in [0, 0.05) is 50.7 Å². The zero-order chi connectivity index (χ0) is 21.0. The van der Waals surface area contributed by atoms with Crippen molar-refractivity contribution < 1.29 is 4.39 Å². The van der Waals surface area contributed by atoms with Crippen LogP contribution in [0.25, 0.3) is 11.0 Å². The van der Waals surface area contributed by atoms with Gasteiger partial charge in [0.2, 0.25) is 0 Å². The molecule has 0 amide bonds. The molecule has 6 nitrogen and oxygen atoms in total. The van der Waals surface area contributed by atoms with E-state index in [0.29, 0.717) is 33.7 Å². The van der Waals surface area contributed by atoms with Crippen molar-refractivity contribution in [3.8, 4) is 6.07 Å². The minimum atomic E-state index is -0.325. The van der Waals surface area contributed by atoms with Crippen LogP contribution < -0.4 is 15.4 Å². The number of hydrogen-bond donors (Lipinski definition) is 0. The van der Waals surface area contributed by atoms with E-state index < -0.39 is 0 Å². The molecule has 2 unspecified atom stereocenters. The van der Waals surface area contributed by atoms with Gasteiger partial charge in [0.25, 0.3) is 5.56 Å². The van der Waals surface area contributed by atoms with Gasteiger partial charge in [-0.05, 0) is 36.4 Å². The van der Waals surface area contributed by atoms with Crippen molar-refractivity contribution >= 4 is 34.0 Å². The lowest BCUT2D eigenvalue weighted by Gasteiger charge is -2.26. The second-order valence-electron chi connectivity index (χ2n) is 8.01. The Hall–Kier alpha value is -3.11. The third-order valence-electron chi connectivity index (χ3n) is 6.29. The number of nitrogens with zero attached hydrogens (tertiary/aromatic N) is 5. The first-order valence-electron chi connectivity index (χ1n) is 9.81. The third-order valence-corrected chi connectivity index (χ3v) is 6.50. The summed E-state index contributed by atoms with van der Waals surface area (Å²) >= 11 is 6.15. The number of hydrogen-bond acceptors (Lipinski definition) is 5. The van der Waals surface area contributed by atoms with E-state index in [1.165, 1.54) is 16.7 Å². The van der Waals surface area contributed by atoms with Crippen LogP contribution in [0.4, 0.5) is 15.8 Å². The molecule has 3 aromatic rings. The predicted molar refractivity (Wildman–Crippen MR) is 115 cm³/mol. The van der Waals surface area contributed by atoms with Crippen molar-refractivity contribution in [3.63, 3.8) is 0 Å². The number of fused-ring (bicyclic) bond motifs is 2. The van der Waals surface area contributed by atoms with Crippen molar-refractivity contribution in [1.29, 1.82) is 5.26 Å². The van der Waals surface area contributed by atoms with Crippen LogP contribution in [-0.4, -0.2) is 35.7 Å². The van der Waals surface area contributed by atoms with Gasteiger partial charge in [-0.2, -0.15) is 5.26 Å². The lowest BCUT2D eigenvalue weighted by Crippen LogP contribution is -2.32. The molecule has 8 heteroatoms. The number of nitriles is 1. The van der Waals surface area contributed by atoms with Crippen LogP contribution in [0.1, 0.15) is 5.56 Å². The van der Waals surface area contributed by atoms with Gasteiger partial charge >= 0.3 is 0 Å². The van der Waals surface area contributed by atoms with Gasteiger partial charge in [0.05, 0.1) is 11.2 Å². The molecule has 152 valence electrons. The number of benzene rings is 1. The Morgan fingerprint density at radius 3 is 2.33 bits per heavy atom. The molecular weight excluding hydrogens is 405 g/mol. The number of halogens is 2. The summed E-state index contributed by atoms with van der Waals surface area (Å²) in [4.78, 5) is 21.7. The van der Waals surface area contributed by atoms with Crippen molar-refractivity contribution in [3.05, 3.63) is 63.3 Å². The molecule has 0 radical (unpaired) electrons. The smallest absolute Gasteiger partial charge is 0.270 e. The van der Waals surface area contributed by atoms with Gasteiger partial charge in [-0.25, -0.2) is 9.37 Å². The highest BCUT2D eigenvalue weighted by atomic mass is 35.5. The van der Waals surface area contributed by atoms with Crippen molar-refractivity contribution in [2.24, 2.45) is 18.9 Å². The third kappa shape index (κ3) is 2.91. The highest BCUT2D eigenvalue weighted by molar-refractivity contribution is 6.29. The van der Waals surface area contributed by atoms with E-state index in [2.05, 4.69) is 20.9 Å². The quantitative estimate of drug-likeness (QED) is 0.592. The van der Waals surface area contributed by atoms with E-state index >= 15 is 0 Å². The van der Waals surface area contributed by atoms with Crippen LogP contribution in [0.3, 0.4) is 0 Å². The summed E-state index contributed by atoms with van der Waals surface area (Å²) in [6.45, 7) is 3.16. The van der Waals surface area contributed by atoms with Gasteiger partial charge in [0.1, 0.15) is 28.1 Å². The molecule has 0 spiro atoms. The lowest BCUT2D eigenvalue weighted by molar-refractivity contribution is 0.533. The predicted octanol–water partition coefficient (Wildman–Crippen LogP) is 3.17. The van der Waals surface area contributed by atoms with Crippen molar-refractivity contribution in [2.45, 2.75) is 0 Å². The Bertz CT molecular complexity index is 1240. The monoisotopic (exact) mass is 423 g/mol. The molecule has 2 fully saturated rings. The van der Waals surface area contributed by atoms with Gasteiger partial charge in [-0.1, -0.05) is 11.6 Å². The first-order valence-corrected chi connectivity index (χ1v) is 10.2. The first-order chi connectivity index (χ1) is 14.5. The molecule has 30 heavy (non-hydrogen) atoms. The molecule has 0 aliphatic carbocycles. The fourth-order valence-corrected chi connectivity index (χ4v) is 4.96. The minimum Gasteiger partial charge on any atom is -0.371 e. The average molecular weight is 424 g/mol. The molecular formula is C22H19ClFN5O. The average Bonchev–Trinajstić information content (AvgIpc) is 3.30. The maximum absolute atomic E-state index is 13.2. The summed E-state index contributed by atoms with van der Waals surface area (Å²) in [7, 11) is 1.64. The number of aromatic nitrogens is 2. The van der Waals surface area contributed by atoms with Crippen LogP contribution in [0.5, 0.6) is 0 Å². The summed E-state index contributed by atoms with van der Waals surface area (Å²) in [6, 6.07) is 12.1. The molecule has 2 aromatic heterocycles. The van der Waals surface area contributed by atoms with Gasteiger partial charge in [-0.3, -0.25) is 4.79 Å². The van der Waals surface area contributed by atoms with Gasteiger partial charge in [-0.15, -0.1) is 0 Å². The van der Waals surface area contributed by atoms with Crippen molar-refractivity contribution in [2.75, 3.05) is 36.0 Å². The van der Waals surface area contributed by atoms with Crippen LogP contribution in [0.2, 0.25) is 5.15 Å². The highest BCUT2D eigenvalue weighted by Crippen LogP contribution is 2.38. The number of aryl methyl sites for hydroxylation is 1. The van der Waals surface area contributed by atoms with E-state index in [9.17, 15) is 14.4 Å². The Labute approximate surface area is 177 Å². The van der Waals surface area contributed by atoms with E-state index in [-0.39, 0.29) is 16.9 Å². The number of rotatable bonds is 2. The largest absolute Gasteiger partial charge is 0.371 e. The fraction of sp³-hybridized carbons (Fsp3) is 0.318. The molecule has 0 bridgehead atoms. The second-order valence-corrected chi connectivity index (χ2v) is 8.40. The molecule has 0 saturated carbocycles. The number of pyridine rings is 2. The second kappa shape index (κ2) is 6.99. The molecule has 5 rings (SSSR count). The van der Waals surface area contributed by atoms with E-state index in [0.717, 1.165) is 31.9 Å². The molecule has 0 N–H and O–H groups in total. The Morgan fingerprint density at radius 1 is 1.07 bits per heavy atom. The molecule has 1 aromatic carbocycles. The Balaban J connectivity index is 1.50.